The number of carboxylic acids is 1. The summed E-state index contributed by atoms with van der Waals surface area (Å²) in [4.78, 5) is 10.8. The predicted octanol–water partition coefficient (Wildman–Crippen LogP) is 1.68. The van der Waals surface area contributed by atoms with Gasteiger partial charge in [0, 0.05) is 13.0 Å². The number of sulfonamides is 1. The van der Waals surface area contributed by atoms with Crippen molar-refractivity contribution in [3.8, 4) is 12.3 Å². The molecule has 0 saturated carbocycles. The molecule has 2 N–H and O–H groups in total. The molecule has 0 fully saturated rings. The second-order valence-corrected chi connectivity index (χ2v) is 5.99. The molecule has 0 unspecified atom stereocenters. The smallest absolute Gasteiger partial charge is 0.340 e. The molecule has 0 aromatic carbocycles. The quantitative estimate of drug-likeness (QED) is 0.590. The lowest BCUT2D eigenvalue weighted by Gasteiger charge is -2.06. The van der Waals surface area contributed by atoms with E-state index in [-0.39, 0.29) is 28.5 Å². The van der Waals surface area contributed by atoms with Crippen LogP contribution >= 0.6 is 0 Å². The van der Waals surface area contributed by atoms with Gasteiger partial charge in [-0.05, 0) is 26.7 Å². The molecule has 1 rings (SSSR count). The molecule has 0 radical (unpaired) electrons. The Balaban J connectivity index is 2.94. The van der Waals surface area contributed by atoms with Crippen LogP contribution in [0.5, 0.6) is 0 Å². The number of unbranched alkanes of at least 4 members (excludes halogenated alkanes) is 2. The largest absolute Gasteiger partial charge is 0.478 e. The van der Waals surface area contributed by atoms with E-state index in [9.17, 15) is 13.2 Å². The fourth-order valence-corrected chi connectivity index (χ4v) is 3.34. The van der Waals surface area contributed by atoms with Crippen molar-refractivity contribution in [3.05, 3.63) is 17.1 Å². The van der Waals surface area contributed by atoms with E-state index < -0.39 is 16.0 Å². The molecule has 1 heterocycles. The second-order valence-electron chi connectivity index (χ2n) is 4.28. The summed E-state index contributed by atoms with van der Waals surface area (Å²) in [7, 11) is -3.91. The maximum absolute atomic E-state index is 12.1. The van der Waals surface area contributed by atoms with E-state index in [1.54, 1.807) is 0 Å². The van der Waals surface area contributed by atoms with Crippen LogP contribution in [-0.4, -0.2) is 26.0 Å². The summed E-state index contributed by atoms with van der Waals surface area (Å²) >= 11 is 0. The maximum atomic E-state index is 12.1. The average Bonchev–Trinajstić information content (AvgIpc) is 2.64. The Kier molecular flexibility index (Phi) is 5.36. The second kappa shape index (κ2) is 6.59. The molecule has 0 amide bonds. The monoisotopic (exact) mass is 299 g/mol. The Hall–Kier alpha value is -1.78. The number of nitrogens with one attached hydrogen (secondary N) is 1. The molecular weight excluding hydrogens is 282 g/mol. The minimum atomic E-state index is -3.91. The number of aromatic carboxylic acids is 1. The molecule has 6 nitrogen and oxygen atoms in total. The van der Waals surface area contributed by atoms with Crippen molar-refractivity contribution < 1.29 is 22.7 Å². The van der Waals surface area contributed by atoms with E-state index in [1.807, 2.05) is 0 Å². The highest BCUT2D eigenvalue weighted by Gasteiger charge is 2.30. The minimum absolute atomic E-state index is 0.0658. The fourth-order valence-electron chi connectivity index (χ4n) is 1.86. The molecule has 1 aromatic rings. The van der Waals surface area contributed by atoms with E-state index in [0.717, 1.165) is 0 Å². The first-order valence-electron chi connectivity index (χ1n) is 6.07. The molecule has 110 valence electrons. The highest BCUT2D eigenvalue weighted by atomic mass is 32.2. The van der Waals surface area contributed by atoms with Gasteiger partial charge in [-0.3, -0.25) is 0 Å². The van der Waals surface area contributed by atoms with Crippen LogP contribution in [0.2, 0.25) is 0 Å². The van der Waals surface area contributed by atoms with E-state index in [2.05, 4.69) is 10.6 Å². The van der Waals surface area contributed by atoms with E-state index in [4.69, 9.17) is 15.9 Å². The predicted molar refractivity (Wildman–Crippen MR) is 73.0 cm³/mol. The number of hydrogen-bond donors (Lipinski definition) is 2. The third-order valence-electron chi connectivity index (χ3n) is 2.73. The van der Waals surface area contributed by atoms with Crippen LogP contribution in [0.25, 0.3) is 0 Å². The molecule has 0 aliphatic heterocycles. The number of aryl methyl sites for hydroxylation is 2. The number of furan rings is 1. The Labute approximate surface area is 118 Å². The van der Waals surface area contributed by atoms with Crippen molar-refractivity contribution in [2.24, 2.45) is 0 Å². The third kappa shape index (κ3) is 3.62. The third-order valence-corrected chi connectivity index (χ3v) is 4.34. The van der Waals surface area contributed by atoms with Gasteiger partial charge in [0.1, 0.15) is 22.0 Å². The first kappa shape index (κ1) is 16.3. The summed E-state index contributed by atoms with van der Waals surface area (Å²) in [5, 5.41) is 9.09. The van der Waals surface area contributed by atoms with Crippen LogP contribution < -0.4 is 4.72 Å². The molecule has 0 bridgehead atoms. The summed E-state index contributed by atoms with van der Waals surface area (Å²) < 4.78 is 31.8. The van der Waals surface area contributed by atoms with Gasteiger partial charge in [0.15, 0.2) is 0 Å². The average molecular weight is 299 g/mol. The van der Waals surface area contributed by atoms with Crippen molar-refractivity contribution in [1.29, 1.82) is 0 Å². The Bertz CT molecular complexity index is 636. The zero-order chi connectivity index (χ0) is 15.3. The van der Waals surface area contributed by atoms with Crippen LogP contribution in [0.1, 0.15) is 41.1 Å². The Morgan fingerprint density at radius 3 is 2.55 bits per heavy atom. The van der Waals surface area contributed by atoms with Crippen LogP contribution in [0.3, 0.4) is 0 Å². The minimum Gasteiger partial charge on any atom is -0.478 e. The molecule has 0 spiro atoms. The van der Waals surface area contributed by atoms with Crippen molar-refractivity contribution in [2.75, 3.05) is 6.54 Å². The number of terminal acetylenes is 1. The van der Waals surface area contributed by atoms with Gasteiger partial charge in [0.25, 0.3) is 0 Å². The summed E-state index contributed by atoms with van der Waals surface area (Å²) in [6, 6.07) is 0. The van der Waals surface area contributed by atoms with Crippen molar-refractivity contribution in [3.63, 3.8) is 0 Å². The molecule has 0 aliphatic rings. The maximum Gasteiger partial charge on any atom is 0.340 e. The van der Waals surface area contributed by atoms with Gasteiger partial charge in [-0.1, -0.05) is 0 Å². The summed E-state index contributed by atoms with van der Waals surface area (Å²) in [6.07, 6.45) is 6.96. The van der Waals surface area contributed by atoms with E-state index in [0.29, 0.717) is 19.3 Å². The number of carbonyl (C=O) groups is 1. The summed E-state index contributed by atoms with van der Waals surface area (Å²) in [5.74, 6) is 1.27. The Morgan fingerprint density at radius 2 is 2.00 bits per heavy atom. The number of rotatable bonds is 7. The standard InChI is InChI=1S/C13H17NO5S/c1-4-5-6-7-8-14-20(17,18)12-10(3)19-9(2)11(12)13(15)16/h1,14H,5-8H2,2-3H3,(H,15,16). The number of carboxylic acid groups (broad SMARTS) is 1. The Morgan fingerprint density at radius 1 is 1.35 bits per heavy atom. The highest BCUT2D eigenvalue weighted by molar-refractivity contribution is 7.89. The van der Waals surface area contributed by atoms with Gasteiger partial charge in [-0.25, -0.2) is 17.9 Å². The number of hydrogen-bond acceptors (Lipinski definition) is 4. The molecule has 7 heteroatoms. The molecular formula is C13H17NO5S. The van der Waals surface area contributed by atoms with Gasteiger partial charge in [0.2, 0.25) is 10.0 Å². The topological polar surface area (TPSA) is 96.6 Å². The van der Waals surface area contributed by atoms with Crippen LogP contribution in [0.15, 0.2) is 9.31 Å². The summed E-state index contributed by atoms with van der Waals surface area (Å²) in [5.41, 5.74) is -0.321. The van der Waals surface area contributed by atoms with Gasteiger partial charge < -0.3 is 9.52 Å². The zero-order valence-electron chi connectivity index (χ0n) is 11.4. The lowest BCUT2D eigenvalue weighted by Crippen LogP contribution is -2.26. The van der Waals surface area contributed by atoms with Crippen molar-refractivity contribution >= 4 is 16.0 Å². The van der Waals surface area contributed by atoms with E-state index in [1.165, 1.54) is 13.8 Å². The van der Waals surface area contributed by atoms with Crippen LogP contribution in [0, 0.1) is 26.2 Å². The molecule has 0 atom stereocenters. The van der Waals surface area contributed by atoms with Gasteiger partial charge in [0.05, 0.1) is 0 Å². The van der Waals surface area contributed by atoms with Crippen molar-refractivity contribution in [1.82, 2.24) is 4.72 Å². The van der Waals surface area contributed by atoms with Gasteiger partial charge in [-0.15, -0.1) is 12.3 Å². The summed E-state index contributed by atoms with van der Waals surface area (Å²) in [6.45, 7) is 3.04. The van der Waals surface area contributed by atoms with Crippen LogP contribution in [-0.2, 0) is 10.0 Å². The molecule has 1 aromatic heterocycles. The highest BCUT2D eigenvalue weighted by Crippen LogP contribution is 2.26. The van der Waals surface area contributed by atoms with Crippen LogP contribution in [0.4, 0.5) is 0 Å². The normalized spacial score (nSPS) is 11.2. The first-order chi connectivity index (χ1) is 9.31. The SMILES string of the molecule is C#CCCCCNS(=O)(=O)c1c(C)oc(C)c1C(=O)O. The molecule has 0 aliphatic carbocycles. The van der Waals surface area contributed by atoms with E-state index >= 15 is 0 Å². The fraction of sp³-hybridized carbons (Fsp3) is 0.462. The van der Waals surface area contributed by atoms with Gasteiger partial charge in [-0.2, -0.15) is 0 Å². The van der Waals surface area contributed by atoms with Gasteiger partial charge >= 0.3 is 5.97 Å². The first-order valence-corrected chi connectivity index (χ1v) is 7.56. The zero-order valence-corrected chi connectivity index (χ0v) is 12.2. The molecule has 0 saturated heterocycles. The van der Waals surface area contributed by atoms with Crippen molar-refractivity contribution in [2.45, 2.75) is 38.0 Å². The molecule has 20 heavy (non-hydrogen) atoms. The lowest BCUT2D eigenvalue weighted by molar-refractivity contribution is 0.0691. The lowest BCUT2D eigenvalue weighted by atomic mass is 10.2.